The van der Waals surface area contributed by atoms with E-state index in [9.17, 15) is 19.2 Å². The van der Waals surface area contributed by atoms with Crippen molar-refractivity contribution < 1.29 is 28.7 Å². The van der Waals surface area contributed by atoms with Gasteiger partial charge in [0.2, 0.25) is 0 Å². The van der Waals surface area contributed by atoms with Crippen molar-refractivity contribution in [2.75, 3.05) is 19.8 Å². The number of nitrogens with zero attached hydrogens (tertiary/aromatic N) is 1. The Morgan fingerprint density at radius 3 is 2.68 bits per heavy atom. The molecular weight excluding hydrogens is 348 g/mol. The lowest BCUT2D eigenvalue weighted by Crippen LogP contribution is -2.34. The first-order valence-corrected chi connectivity index (χ1v) is 8.15. The van der Waals surface area contributed by atoms with E-state index in [0.29, 0.717) is 23.1 Å². The van der Waals surface area contributed by atoms with E-state index < -0.39 is 29.6 Å². The summed E-state index contributed by atoms with van der Waals surface area (Å²) in [7, 11) is 0. The second-order valence-electron chi connectivity index (χ2n) is 4.87. The van der Waals surface area contributed by atoms with Crippen molar-refractivity contribution in [3.05, 3.63) is 34.7 Å². The molecule has 1 aromatic carbocycles. The lowest BCUT2D eigenvalue weighted by atomic mass is 10.2. The number of para-hydroxylation sites is 1. The molecule has 0 aliphatic carbocycles. The number of nitrogens with two attached hydrogens (primary N) is 1. The van der Waals surface area contributed by atoms with Gasteiger partial charge in [-0.05, 0) is 30.8 Å². The average molecular weight is 364 g/mol. The van der Waals surface area contributed by atoms with E-state index in [1.165, 1.54) is 6.08 Å². The lowest BCUT2D eigenvalue weighted by molar-refractivity contribution is -0.146. The minimum atomic E-state index is -0.656. The first kappa shape index (κ1) is 18.5. The van der Waals surface area contributed by atoms with Crippen molar-refractivity contribution in [2.45, 2.75) is 6.92 Å². The number of hydrogen-bond acceptors (Lipinski definition) is 7. The Hall–Kier alpha value is -2.81. The SMILES string of the molecule is CCOC(=O)CN1C(=O)S/C(=C/c2ccccc2OCC(N)=O)C1=O. The Balaban J connectivity index is 2.19. The number of rotatable bonds is 7. The third kappa shape index (κ3) is 4.83. The van der Waals surface area contributed by atoms with Crippen LogP contribution in [0.2, 0.25) is 0 Å². The summed E-state index contributed by atoms with van der Waals surface area (Å²) in [5.74, 6) is -1.54. The summed E-state index contributed by atoms with van der Waals surface area (Å²) >= 11 is 0.713. The maximum Gasteiger partial charge on any atom is 0.326 e. The molecule has 9 heteroatoms. The van der Waals surface area contributed by atoms with Gasteiger partial charge < -0.3 is 15.2 Å². The van der Waals surface area contributed by atoms with Gasteiger partial charge in [-0.15, -0.1) is 0 Å². The number of primary amides is 1. The van der Waals surface area contributed by atoms with Crippen molar-refractivity contribution in [3.8, 4) is 5.75 Å². The Labute approximate surface area is 147 Å². The van der Waals surface area contributed by atoms with Crippen molar-refractivity contribution in [2.24, 2.45) is 5.73 Å². The number of ether oxygens (including phenoxy) is 2. The molecule has 0 unspecified atom stereocenters. The molecule has 1 heterocycles. The summed E-state index contributed by atoms with van der Waals surface area (Å²) in [4.78, 5) is 47.6. The fraction of sp³-hybridized carbons (Fsp3) is 0.250. The van der Waals surface area contributed by atoms with Gasteiger partial charge in [0.15, 0.2) is 6.61 Å². The summed E-state index contributed by atoms with van der Waals surface area (Å²) in [5.41, 5.74) is 5.56. The van der Waals surface area contributed by atoms with Crippen LogP contribution in [0.3, 0.4) is 0 Å². The van der Waals surface area contributed by atoms with Crippen LogP contribution in [0.1, 0.15) is 12.5 Å². The summed E-state index contributed by atoms with van der Waals surface area (Å²) in [5, 5.41) is -0.556. The molecule has 132 valence electrons. The molecule has 0 spiro atoms. The maximum absolute atomic E-state index is 12.3. The van der Waals surface area contributed by atoms with Gasteiger partial charge in [-0.3, -0.25) is 24.1 Å². The van der Waals surface area contributed by atoms with Crippen LogP contribution in [0.15, 0.2) is 29.2 Å². The molecular formula is C16H16N2O6S. The fourth-order valence-electron chi connectivity index (χ4n) is 1.99. The molecule has 8 nitrogen and oxygen atoms in total. The molecule has 2 N–H and O–H groups in total. The summed E-state index contributed by atoms with van der Waals surface area (Å²) in [6, 6.07) is 6.68. The van der Waals surface area contributed by atoms with E-state index in [-0.39, 0.29) is 18.1 Å². The Morgan fingerprint density at radius 1 is 1.28 bits per heavy atom. The van der Waals surface area contributed by atoms with Gasteiger partial charge in [0.05, 0.1) is 11.5 Å². The highest BCUT2D eigenvalue weighted by Gasteiger charge is 2.36. The van der Waals surface area contributed by atoms with Crippen molar-refractivity contribution in [3.63, 3.8) is 0 Å². The van der Waals surface area contributed by atoms with Gasteiger partial charge in [0.25, 0.3) is 17.1 Å². The third-order valence-corrected chi connectivity index (χ3v) is 3.95. The van der Waals surface area contributed by atoms with Gasteiger partial charge in [0.1, 0.15) is 12.3 Å². The van der Waals surface area contributed by atoms with Crippen LogP contribution in [0.4, 0.5) is 4.79 Å². The second kappa shape index (κ2) is 8.34. The van der Waals surface area contributed by atoms with E-state index >= 15 is 0 Å². The minimum absolute atomic E-state index is 0.143. The highest BCUT2D eigenvalue weighted by atomic mass is 32.2. The van der Waals surface area contributed by atoms with Crippen LogP contribution in [-0.2, 0) is 19.1 Å². The first-order chi connectivity index (χ1) is 11.9. The van der Waals surface area contributed by atoms with Gasteiger partial charge >= 0.3 is 5.97 Å². The number of thioether (sulfide) groups is 1. The van der Waals surface area contributed by atoms with Crippen molar-refractivity contribution >= 4 is 40.9 Å². The number of amides is 3. The van der Waals surface area contributed by atoms with Crippen LogP contribution in [-0.4, -0.2) is 47.7 Å². The zero-order chi connectivity index (χ0) is 18.4. The van der Waals surface area contributed by atoms with Crippen LogP contribution in [0.25, 0.3) is 6.08 Å². The van der Waals surface area contributed by atoms with Gasteiger partial charge in [-0.2, -0.15) is 0 Å². The fourth-order valence-corrected chi connectivity index (χ4v) is 2.82. The number of carbonyl (C=O) groups excluding carboxylic acids is 4. The topological polar surface area (TPSA) is 116 Å². The number of carbonyl (C=O) groups is 4. The molecule has 25 heavy (non-hydrogen) atoms. The molecule has 1 fully saturated rings. The summed E-state index contributed by atoms with van der Waals surface area (Å²) < 4.78 is 10.0. The quantitative estimate of drug-likeness (QED) is 0.570. The summed E-state index contributed by atoms with van der Waals surface area (Å²) in [6.07, 6.45) is 1.46. The number of esters is 1. The van der Waals surface area contributed by atoms with Crippen molar-refractivity contribution in [1.29, 1.82) is 0 Å². The maximum atomic E-state index is 12.3. The van der Waals surface area contributed by atoms with E-state index in [1.54, 1.807) is 31.2 Å². The predicted octanol–water partition coefficient (Wildman–Crippen LogP) is 1.15. The zero-order valence-corrected chi connectivity index (χ0v) is 14.2. The largest absolute Gasteiger partial charge is 0.483 e. The first-order valence-electron chi connectivity index (χ1n) is 7.33. The molecule has 1 aromatic rings. The average Bonchev–Trinajstić information content (AvgIpc) is 2.82. The van der Waals surface area contributed by atoms with Crippen LogP contribution < -0.4 is 10.5 Å². The molecule has 1 saturated heterocycles. The highest BCUT2D eigenvalue weighted by molar-refractivity contribution is 8.18. The molecule has 0 atom stereocenters. The molecule has 0 bridgehead atoms. The molecule has 1 aliphatic heterocycles. The number of hydrogen-bond donors (Lipinski definition) is 1. The lowest BCUT2D eigenvalue weighted by Gasteiger charge is -2.11. The Bertz CT molecular complexity index is 746. The third-order valence-electron chi connectivity index (χ3n) is 3.04. The molecule has 0 saturated carbocycles. The standard InChI is InChI=1S/C16H16N2O6S/c1-2-23-14(20)8-18-15(21)12(25-16(18)22)7-10-5-3-4-6-11(10)24-9-13(17)19/h3-7H,2,8-9H2,1H3,(H2,17,19)/b12-7+. The van der Waals surface area contributed by atoms with Crippen molar-refractivity contribution in [1.82, 2.24) is 4.90 Å². The Kier molecular flexibility index (Phi) is 6.18. The minimum Gasteiger partial charge on any atom is -0.483 e. The van der Waals surface area contributed by atoms with Crippen LogP contribution in [0, 0.1) is 0 Å². The molecule has 0 aromatic heterocycles. The predicted molar refractivity (Wildman–Crippen MR) is 90.4 cm³/mol. The second-order valence-corrected chi connectivity index (χ2v) is 5.86. The van der Waals surface area contributed by atoms with Gasteiger partial charge in [-0.25, -0.2) is 0 Å². The van der Waals surface area contributed by atoms with E-state index in [0.717, 1.165) is 4.90 Å². The molecule has 1 aliphatic rings. The summed E-state index contributed by atoms with van der Waals surface area (Å²) in [6.45, 7) is 1.05. The molecule has 0 radical (unpaired) electrons. The van der Waals surface area contributed by atoms with Gasteiger partial charge in [0, 0.05) is 5.56 Å². The number of benzene rings is 1. The van der Waals surface area contributed by atoms with Gasteiger partial charge in [-0.1, -0.05) is 18.2 Å². The molecule has 3 amide bonds. The highest BCUT2D eigenvalue weighted by Crippen LogP contribution is 2.33. The Morgan fingerprint density at radius 2 is 2.00 bits per heavy atom. The smallest absolute Gasteiger partial charge is 0.326 e. The van der Waals surface area contributed by atoms with E-state index in [1.807, 2.05) is 0 Å². The normalized spacial score (nSPS) is 15.6. The van der Waals surface area contributed by atoms with Crippen LogP contribution in [0.5, 0.6) is 5.75 Å². The zero-order valence-electron chi connectivity index (χ0n) is 13.4. The van der Waals surface area contributed by atoms with Crippen LogP contribution >= 0.6 is 11.8 Å². The number of imide groups is 1. The monoisotopic (exact) mass is 364 g/mol. The van der Waals surface area contributed by atoms with E-state index in [4.69, 9.17) is 15.2 Å². The van der Waals surface area contributed by atoms with E-state index in [2.05, 4.69) is 0 Å². The molecule has 2 rings (SSSR count).